The van der Waals surface area contributed by atoms with Crippen molar-refractivity contribution in [3.63, 3.8) is 0 Å². The number of nitrogens with zero attached hydrogens (tertiary/aromatic N) is 1. The Kier molecular flexibility index (Phi) is 6.23. The lowest BCUT2D eigenvalue weighted by Gasteiger charge is -2.23. The third-order valence-electron chi connectivity index (χ3n) is 2.60. The number of hydrogen-bond donors (Lipinski definition) is 1. The minimum Gasteiger partial charge on any atom is -0.384 e. The van der Waals surface area contributed by atoms with E-state index in [1.54, 1.807) is 18.4 Å². The molecule has 4 heteroatoms. The smallest absolute Gasteiger partial charge is 0.104 e. The molecule has 3 nitrogen and oxygen atoms in total. The second-order valence-corrected chi connectivity index (χ2v) is 4.94. The second kappa shape index (κ2) is 7.46. The van der Waals surface area contributed by atoms with Crippen LogP contribution in [-0.4, -0.2) is 43.4 Å². The zero-order valence-corrected chi connectivity index (χ0v) is 11.4. The predicted octanol–water partition coefficient (Wildman–Crippen LogP) is 1.56. The van der Waals surface area contributed by atoms with Crippen LogP contribution in [0.2, 0.25) is 0 Å². The van der Waals surface area contributed by atoms with Gasteiger partial charge in [0.05, 0.1) is 6.61 Å². The number of aliphatic hydroxyl groups excluding tert-OH is 1. The standard InChI is InChI=1S/C13H19NO2S/c1-11(10-16-3)14(2)9-13-12(5-4-7-15)6-8-17-13/h6,8,11,15H,7,9-10H2,1-3H3. The van der Waals surface area contributed by atoms with Crippen molar-refractivity contribution >= 4 is 11.3 Å². The van der Waals surface area contributed by atoms with E-state index in [0.717, 1.165) is 18.7 Å². The Hall–Kier alpha value is -0.860. The first-order chi connectivity index (χ1) is 8.19. The number of hydrogen-bond acceptors (Lipinski definition) is 4. The van der Waals surface area contributed by atoms with Crippen molar-refractivity contribution in [2.75, 3.05) is 27.4 Å². The van der Waals surface area contributed by atoms with E-state index in [2.05, 4.69) is 30.7 Å². The van der Waals surface area contributed by atoms with Gasteiger partial charge in [0.15, 0.2) is 0 Å². The van der Waals surface area contributed by atoms with Gasteiger partial charge in [0, 0.05) is 30.1 Å². The minimum atomic E-state index is -0.0921. The van der Waals surface area contributed by atoms with E-state index in [1.165, 1.54) is 4.88 Å². The molecule has 0 saturated carbocycles. The van der Waals surface area contributed by atoms with Crippen molar-refractivity contribution in [1.82, 2.24) is 4.90 Å². The summed E-state index contributed by atoms with van der Waals surface area (Å²) in [7, 11) is 3.79. The summed E-state index contributed by atoms with van der Waals surface area (Å²) in [5, 5.41) is 10.7. The minimum absolute atomic E-state index is 0.0921. The molecule has 0 aliphatic heterocycles. The van der Waals surface area contributed by atoms with Crippen molar-refractivity contribution in [2.24, 2.45) is 0 Å². The monoisotopic (exact) mass is 253 g/mol. The summed E-state index contributed by atoms with van der Waals surface area (Å²) in [4.78, 5) is 3.47. The van der Waals surface area contributed by atoms with Gasteiger partial charge in [0.25, 0.3) is 0 Å². The number of likely N-dealkylation sites (N-methyl/N-ethyl adjacent to an activating group) is 1. The molecule has 0 aliphatic carbocycles. The van der Waals surface area contributed by atoms with Crippen LogP contribution in [0.15, 0.2) is 11.4 Å². The Labute approximate surface area is 107 Å². The normalized spacial score (nSPS) is 12.3. The summed E-state index contributed by atoms with van der Waals surface area (Å²) in [6.07, 6.45) is 0. The molecule has 1 aromatic rings. The van der Waals surface area contributed by atoms with Crippen molar-refractivity contribution < 1.29 is 9.84 Å². The first-order valence-electron chi connectivity index (χ1n) is 5.54. The molecule has 1 unspecified atom stereocenters. The average Bonchev–Trinajstić information content (AvgIpc) is 2.74. The molecule has 0 bridgehead atoms. The highest BCUT2D eigenvalue weighted by Gasteiger charge is 2.11. The molecule has 1 atom stereocenters. The maximum Gasteiger partial charge on any atom is 0.104 e. The van der Waals surface area contributed by atoms with Gasteiger partial charge in [0.2, 0.25) is 0 Å². The van der Waals surface area contributed by atoms with Crippen molar-refractivity contribution in [1.29, 1.82) is 0 Å². The van der Waals surface area contributed by atoms with Crippen LogP contribution >= 0.6 is 11.3 Å². The van der Waals surface area contributed by atoms with E-state index in [9.17, 15) is 0 Å². The lowest BCUT2D eigenvalue weighted by atomic mass is 10.2. The molecular formula is C13H19NO2S. The molecule has 0 radical (unpaired) electrons. The van der Waals surface area contributed by atoms with Gasteiger partial charge in [-0.2, -0.15) is 0 Å². The number of ether oxygens (including phenoxy) is 1. The van der Waals surface area contributed by atoms with Crippen LogP contribution in [0.3, 0.4) is 0 Å². The Morgan fingerprint density at radius 2 is 2.35 bits per heavy atom. The maximum absolute atomic E-state index is 8.70. The van der Waals surface area contributed by atoms with Gasteiger partial charge in [-0.3, -0.25) is 4.90 Å². The number of aliphatic hydroxyl groups is 1. The predicted molar refractivity (Wildman–Crippen MR) is 71.1 cm³/mol. The summed E-state index contributed by atoms with van der Waals surface area (Å²) in [6, 6.07) is 2.37. The Balaban J connectivity index is 2.65. The topological polar surface area (TPSA) is 32.7 Å². The molecule has 1 heterocycles. The van der Waals surface area contributed by atoms with Crippen LogP contribution < -0.4 is 0 Å². The molecule has 1 rings (SSSR count). The Bertz CT molecular complexity index is 392. The molecule has 0 spiro atoms. The van der Waals surface area contributed by atoms with Gasteiger partial charge in [-0.1, -0.05) is 11.8 Å². The first-order valence-corrected chi connectivity index (χ1v) is 6.42. The summed E-state index contributed by atoms with van der Waals surface area (Å²) in [5.74, 6) is 5.66. The van der Waals surface area contributed by atoms with E-state index in [4.69, 9.17) is 9.84 Å². The highest BCUT2D eigenvalue weighted by atomic mass is 32.1. The van der Waals surface area contributed by atoms with E-state index in [0.29, 0.717) is 6.04 Å². The molecule has 0 fully saturated rings. The Morgan fingerprint density at radius 3 is 3.00 bits per heavy atom. The molecule has 17 heavy (non-hydrogen) atoms. The molecule has 1 N–H and O–H groups in total. The first kappa shape index (κ1) is 14.2. The highest BCUT2D eigenvalue weighted by Crippen LogP contribution is 2.18. The van der Waals surface area contributed by atoms with E-state index in [-0.39, 0.29) is 6.61 Å². The lowest BCUT2D eigenvalue weighted by molar-refractivity contribution is 0.112. The van der Waals surface area contributed by atoms with E-state index >= 15 is 0 Å². The van der Waals surface area contributed by atoms with Crippen LogP contribution in [0.4, 0.5) is 0 Å². The summed E-state index contributed by atoms with van der Waals surface area (Å²) in [6.45, 7) is 3.62. The van der Waals surface area contributed by atoms with Crippen LogP contribution in [0.25, 0.3) is 0 Å². The Morgan fingerprint density at radius 1 is 1.59 bits per heavy atom. The number of methoxy groups -OCH3 is 1. The van der Waals surface area contributed by atoms with E-state index in [1.807, 2.05) is 11.4 Å². The van der Waals surface area contributed by atoms with Crippen molar-refractivity contribution in [3.8, 4) is 11.8 Å². The summed E-state index contributed by atoms with van der Waals surface area (Å²) >= 11 is 1.70. The average molecular weight is 253 g/mol. The third-order valence-corrected chi connectivity index (χ3v) is 3.51. The molecule has 0 aromatic carbocycles. The maximum atomic E-state index is 8.70. The molecule has 0 amide bonds. The van der Waals surface area contributed by atoms with Crippen LogP contribution in [0.1, 0.15) is 17.4 Å². The fourth-order valence-corrected chi connectivity index (χ4v) is 2.35. The van der Waals surface area contributed by atoms with Crippen molar-refractivity contribution in [2.45, 2.75) is 19.5 Å². The summed E-state index contributed by atoms with van der Waals surface area (Å²) < 4.78 is 5.14. The largest absolute Gasteiger partial charge is 0.384 e. The molecule has 0 saturated heterocycles. The van der Waals surface area contributed by atoms with Crippen LogP contribution in [-0.2, 0) is 11.3 Å². The van der Waals surface area contributed by atoms with Crippen molar-refractivity contribution in [3.05, 3.63) is 21.9 Å². The van der Waals surface area contributed by atoms with Gasteiger partial charge in [-0.15, -0.1) is 11.3 Å². The summed E-state index contributed by atoms with van der Waals surface area (Å²) in [5.41, 5.74) is 1.01. The third kappa shape index (κ3) is 4.49. The fraction of sp³-hybridized carbons (Fsp3) is 0.538. The lowest BCUT2D eigenvalue weighted by Crippen LogP contribution is -2.32. The van der Waals surface area contributed by atoms with Gasteiger partial charge in [-0.25, -0.2) is 0 Å². The molecule has 94 valence electrons. The number of rotatable bonds is 5. The zero-order valence-electron chi connectivity index (χ0n) is 10.6. The van der Waals surface area contributed by atoms with Gasteiger partial charge in [-0.05, 0) is 25.4 Å². The number of thiophene rings is 1. The van der Waals surface area contributed by atoms with Gasteiger partial charge in [0.1, 0.15) is 6.61 Å². The molecule has 0 aliphatic rings. The molecule has 1 aromatic heterocycles. The molecular weight excluding hydrogens is 234 g/mol. The second-order valence-electron chi connectivity index (χ2n) is 3.94. The van der Waals surface area contributed by atoms with Gasteiger partial charge >= 0.3 is 0 Å². The zero-order chi connectivity index (χ0) is 12.7. The SMILES string of the molecule is COCC(C)N(C)Cc1sccc1C#CCO. The highest BCUT2D eigenvalue weighted by molar-refractivity contribution is 7.10. The fourth-order valence-electron chi connectivity index (χ4n) is 1.46. The van der Waals surface area contributed by atoms with Gasteiger partial charge < -0.3 is 9.84 Å². The van der Waals surface area contributed by atoms with E-state index < -0.39 is 0 Å². The van der Waals surface area contributed by atoms with Crippen LogP contribution in [0, 0.1) is 11.8 Å². The van der Waals surface area contributed by atoms with Crippen LogP contribution in [0.5, 0.6) is 0 Å². The quantitative estimate of drug-likeness (QED) is 0.808.